The summed E-state index contributed by atoms with van der Waals surface area (Å²) >= 11 is 3.34. The minimum atomic E-state index is -0.903. The maximum atomic E-state index is 12.9. The molecule has 0 amide bonds. The number of hydrogen-bond donors (Lipinski definition) is 0. The van der Waals surface area contributed by atoms with Crippen molar-refractivity contribution >= 4 is 22.1 Å². The first-order valence-corrected chi connectivity index (χ1v) is 6.22. The molecule has 0 saturated carbocycles. The van der Waals surface area contributed by atoms with Gasteiger partial charge in [0.15, 0.2) is 11.6 Å². The van der Waals surface area contributed by atoms with E-state index in [0.29, 0.717) is 5.56 Å². The third kappa shape index (κ3) is 3.86. The van der Waals surface area contributed by atoms with E-state index in [1.165, 1.54) is 6.07 Å². The van der Waals surface area contributed by atoms with Gasteiger partial charge in [0.1, 0.15) is 12.8 Å². The molecule has 2 aromatic rings. The van der Waals surface area contributed by atoms with Crippen LogP contribution in [-0.2, 0) is 11.4 Å². The van der Waals surface area contributed by atoms with Gasteiger partial charge in [0.05, 0.1) is 0 Å². The van der Waals surface area contributed by atoms with Gasteiger partial charge in [-0.25, -0.2) is 8.78 Å². The molecule has 0 aliphatic carbocycles. The van der Waals surface area contributed by atoms with Crippen molar-refractivity contribution in [3.05, 3.63) is 69.7 Å². The van der Waals surface area contributed by atoms with E-state index in [0.717, 1.165) is 22.2 Å². The molecule has 0 fully saturated rings. The smallest absolute Gasteiger partial charge is 0.159 e. The van der Waals surface area contributed by atoms with Crippen molar-refractivity contribution in [2.45, 2.75) is 6.61 Å². The van der Waals surface area contributed by atoms with Crippen molar-refractivity contribution in [2.75, 3.05) is 0 Å². The van der Waals surface area contributed by atoms with Gasteiger partial charge in [0, 0.05) is 10.0 Å². The summed E-state index contributed by atoms with van der Waals surface area (Å²) in [5.41, 5.74) is 1.24. The molecule has 0 N–H and O–H groups in total. The zero-order chi connectivity index (χ0) is 13.7. The van der Waals surface area contributed by atoms with Crippen molar-refractivity contribution < 1.29 is 13.6 Å². The molecular formula is C14H9BrF2NO. The van der Waals surface area contributed by atoms with E-state index >= 15 is 0 Å². The summed E-state index contributed by atoms with van der Waals surface area (Å²) in [5.74, 6) is -1.79. The molecule has 0 spiro atoms. The highest BCUT2D eigenvalue weighted by molar-refractivity contribution is 9.10. The van der Waals surface area contributed by atoms with Crippen LogP contribution in [0.15, 0.2) is 52.1 Å². The highest BCUT2D eigenvalue weighted by Crippen LogP contribution is 2.14. The van der Waals surface area contributed by atoms with Gasteiger partial charge in [0.25, 0.3) is 0 Å². The summed E-state index contributed by atoms with van der Waals surface area (Å²) in [4.78, 5) is 4.98. The molecule has 0 bridgehead atoms. The van der Waals surface area contributed by atoms with Crippen LogP contribution in [0.5, 0.6) is 0 Å². The summed E-state index contributed by atoms with van der Waals surface area (Å²) in [6, 6.07) is 10.9. The predicted octanol–water partition coefficient (Wildman–Crippen LogP) is 4.16. The van der Waals surface area contributed by atoms with E-state index in [9.17, 15) is 8.78 Å². The van der Waals surface area contributed by atoms with E-state index in [1.807, 2.05) is 24.3 Å². The average molecular weight is 325 g/mol. The zero-order valence-electron chi connectivity index (χ0n) is 9.74. The Hall–Kier alpha value is -1.75. The van der Waals surface area contributed by atoms with E-state index < -0.39 is 11.6 Å². The highest BCUT2D eigenvalue weighted by atomic mass is 79.9. The second-order valence-electron chi connectivity index (χ2n) is 3.70. The SMILES string of the molecule is Fc1ccc(CO/N=[C]\c2ccccc2Br)cc1F. The van der Waals surface area contributed by atoms with Crippen LogP contribution in [-0.4, -0.2) is 6.21 Å². The monoisotopic (exact) mass is 324 g/mol. The molecule has 2 rings (SSSR count). The topological polar surface area (TPSA) is 21.6 Å². The minimum Gasteiger partial charge on any atom is -0.390 e. The minimum absolute atomic E-state index is 0.0503. The van der Waals surface area contributed by atoms with Gasteiger partial charge in [-0.15, -0.1) is 0 Å². The first-order chi connectivity index (χ1) is 9.16. The van der Waals surface area contributed by atoms with Gasteiger partial charge in [-0.3, -0.25) is 0 Å². The first-order valence-electron chi connectivity index (χ1n) is 5.43. The lowest BCUT2D eigenvalue weighted by Gasteiger charge is -2.00. The van der Waals surface area contributed by atoms with Crippen molar-refractivity contribution in [3.8, 4) is 0 Å². The van der Waals surface area contributed by atoms with E-state index in [2.05, 4.69) is 27.3 Å². The Balaban J connectivity index is 1.93. The number of benzene rings is 2. The number of hydrogen-bond acceptors (Lipinski definition) is 2. The lowest BCUT2D eigenvalue weighted by molar-refractivity contribution is 0.132. The first kappa shape index (κ1) is 13.7. The fourth-order valence-corrected chi connectivity index (χ4v) is 1.74. The summed E-state index contributed by atoms with van der Waals surface area (Å²) in [6.45, 7) is 0.0503. The summed E-state index contributed by atoms with van der Waals surface area (Å²) in [5, 5.41) is 3.65. The van der Waals surface area contributed by atoms with Crippen LogP contribution in [0.1, 0.15) is 11.1 Å². The van der Waals surface area contributed by atoms with Crippen LogP contribution in [0.3, 0.4) is 0 Å². The van der Waals surface area contributed by atoms with E-state index in [1.54, 1.807) is 0 Å². The Kier molecular flexibility index (Phi) is 4.63. The van der Waals surface area contributed by atoms with Crippen LogP contribution < -0.4 is 0 Å². The lowest BCUT2D eigenvalue weighted by atomic mass is 10.2. The molecule has 0 atom stereocenters. The predicted molar refractivity (Wildman–Crippen MR) is 71.8 cm³/mol. The Morgan fingerprint density at radius 2 is 1.89 bits per heavy atom. The van der Waals surface area contributed by atoms with Crippen molar-refractivity contribution in [3.63, 3.8) is 0 Å². The molecule has 19 heavy (non-hydrogen) atoms. The number of rotatable bonds is 4. The standard InChI is InChI=1S/C14H9BrF2NO/c15-12-4-2-1-3-11(12)8-18-19-9-10-5-6-13(16)14(17)7-10/h1-7H,9H2. The Morgan fingerprint density at radius 3 is 2.63 bits per heavy atom. The summed E-state index contributed by atoms with van der Waals surface area (Å²) in [6.07, 6.45) is 2.70. The number of nitrogens with zero attached hydrogens (tertiary/aromatic N) is 1. The van der Waals surface area contributed by atoms with Crippen LogP contribution >= 0.6 is 15.9 Å². The van der Waals surface area contributed by atoms with Gasteiger partial charge in [-0.1, -0.05) is 45.4 Å². The second kappa shape index (κ2) is 6.43. The molecule has 2 nitrogen and oxygen atoms in total. The van der Waals surface area contributed by atoms with Gasteiger partial charge in [-0.05, 0) is 23.8 Å². The quantitative estimate of drug-likeness (QED) is 0.611. The molecule has 0 aliphatic rings. The van der Waals surface area contributed by atoms with Crippen LogP contribution in [0, 0.1) is 11.6 Å². The molecule has 0 aliphatic heterocycles. The maximum absolute atomic E-state index is 12.9. The molecular weight excluding hydrogens is 316 g/mol. The van der Waals surface area contributed by atoms with Crippen molar-refractivity contribution in [1.29, 1.82) is 0 Å². The molecule has 0 heterocycles. The van der Waals surface area contributed by atoms with E-state index in [-0.39, 0.29) is 6.61 Å². The van der Waals surface area contributed by atoms with Crippen molar-refractivity contribution in [1.82, 2.24) is 0 Å². The van der Waals surface area contributed by atoms with Gasteiger partial charge in [-0.2, -0.15) is 0 Å². The fraction of sp³-hybridized carbons (Fsp3) is 0.0714. The third-order valence-corrected chi connectivity index (χ3v) is 3.01. The fourth-order valence-electron chi connectivity index (χ4n) is 1.37. The summed E-state index contributed by atoms with van der Waals surface area (Å²) in [7, 11) is 0. The normalized spacial score (nSPS) is 10.9. The second-order valence-corrected chi connectivity index (χ2v) is 4.56. The van der Waals surface area contributed by atoms with Gasteiger partial charge >= 0.3 is 0 Å². The average Bonchev–Trinajstić information content (AvgIpc) is 2.40. The van der Waals surface area contributed by atoms with Crippen LogP contribution in [0.2, 0.25) is 0 Å². The zero-order valence-corrected chi connectivity index (χ0v) is 11.3. The Labute approximate surface area is 117 Å². The molecule has 2 aromatic carbocycles. The molecule has 0 unspecified atom stereocenters. The van der Waals surface area contributed by atoms with Gasteiger partial charge < -0.3 is 4.84 Å². The van der Waals surface area contributed by atoms with Crippen molar-refractivity contribution in [2.24, 2.45) is 5.16 Å². The molecule has 0 saturated heterocycles. The molecule has 0 aromatic heterocycles. The van der Waals surface area contributed by atoms with Crippen LogP contribution in [0.4, 0.5) is 8.78 Å². The third-order valence-electron chi connectivity index (χ3n) is 2.32. The Bertz CT molecular complexity index is 602. The largest absolute Gasteiger partial charge is 0.390 e. The highest BCUT2D eigenvalue weighted by Gasteiger charge is 2.02. The summed E-state index contributed by atoms with van der Waals surface area (Å²) < 4.78 is 26.5. The van der Waals surface area contributed by atoms with Gasteiger partial charge in [0.2, 0.25) is 0 Å². The molecule has 97 valence electrons. The number of halogens is 3. The molecule has 5 heteroatoms. The van der Waals surface area contributed by atoms with E-state index in [4.69, 9.17) is 4.84 Å². The Morgan fingerprint density at radius 1 is 1.11 bits per heavy atom. The molecule has 1 radical (unpaired) electrons. The van der Waals surface area contributed by atoms with Crippen LogP contribution in [0.25, 0.3) is 0 Å². The maximum Gasteiger partial charge on any atom is 0.159 e. The lowest BCUT2D eigenvalue weighted by Crippen LogP contribution is -1.92.